The van der Waals surface area contributed by atoms with Crippen molar-refractivity contribution in [3.05, 3.63) is 71.4 Å². The fraction of sp³-hybridized carbons (Fsp3) is 0.250. The molecule has 0 amide bonds. The molecule has 1 saturated carbocycles. The van der Waals surface area contributed by atoms with E-state index in [-0.39, 0.29) is 4.90 Å². The lowest BCUT2D eigenvalue weighted by atomic mass is 10.1. The lowest BCUT2D eigenvalue weighted by Crippen LogP contribution is -2.15. The summed E-state index contributed by atoms with van der Waals surface area (Å²) in [5, 5.41) is 4.18. The molecular weight excluding hydrogens is 408 g/mol. The molecule has 0 atom stereocenters. The summed E-state index contributed by atoms with van der Waals surface area (Å²) >= 11 is 0. The lowest BCUT2D eigenvalue weighted by molar-refractivity contribution is 0.587. The molecule has 1 N–H and O–H groups in total. The molecule has 2 aromatic heterocycles. The highest BCUT2D eigenvalue weighted by atomic mass is 32.2. The van der Waals surface area contributed by atoms with E-state index in [2.05, 4.69) is 5.32 Å². The maximum Gasteiger partial charge on any atom is 0.269 e. The van der Waals surface area contributed by atoms with Gasteiger partial charge in [-0.25, -0.2) is 22.4 Å². The summed E-state index contributed by atoms with van der Waals surface area (Å²) in [4.78, 5) is 9.76. The predicted octanol–water partition coefficient (Wildman–Crippen LogP) is 4.83. The van der Waals surface area contributed by atoms with Crippen LogP contribution in [0.3, 0.4) is 0 Å². The first-order valence-electron chi connectivity index (χ1n) is 10.4. The van der Waals surface area contributed by atoms with E-state index in [1.54, 1.807) is 31.2 Å². The molecule has 2 heterocycles. The highest BCUT2D eigenvalue weighted by molar-refractivity contribution is 7.90. The minimum absolute atomic E-state index is 0.242. The number of anilines is 1. The molecule has 0 unspecified atom stereocenters. The van der Waals surface area contributed by atoms with Crippen LogP contribution in [-0.2, 0) is 10.0 Å². The van der Waals surface area contributed by atoms with Crippen molar-refractivity contribution in [3.63, 3.8) is 0 Å². The van der Waals surface area contributed by atoms with Crippen molar-refractivity contribution in [2.75, 3.05) is 5.32 Å². The van der Waals surface area contributed by atoms with E-state index in [0.29, 0.717) is 29.0 Å². The van der Waals surface area contributed by atoms with Gasteiger partial charge in [-0.15, -0.1) is 0 Å². The van der Waals surface area contributed by atoms with Crippen molar-refractivity contribution in [3.8, 4) is 11.4 Å². The third-order valence-corrected chi connectivity index (χ3v) is 7.35. The standard InChI is InChI=1S/C24H24N4O2S/c1-15-7-11-20(12-8-15)31(29,30)28-17(3)14-21-23(25-19-9-10-19)26-22(27-24(21)28)18-6-4-5-16(2)13-18/h4-8,11-14,19H,9-10H2,1-3H3,(H,25,26,27). The molecule has 0 spiro atoms. The molecule has 5 rings (SSSR count). The Kier molecular flexibility index (Phi) is 4.59. The van der Waals surface area contributed by atoms with E-state index in [0.717, 1.165) is 34.9 Å². The van der Waals surface area contributed by atoms with Gasteiger partial charge in [-0.05, 0) is 57.9 Å². The second-order valence-corrected chi connectivity index (χ2v) is 10.1. The van der Waals surface area contributed by atoms with E-state index < -0.39 is 10.0 Å². The molecule has 6 nitrogen and oxygen atoms in total. The van der Waals surface area contributed by atoms with Crippen LogP contribution in [-0.4, -0.2) is 28.4 Å². The summed E-state index contributed by atoms with van der Waals surface area (Å²) in [6, 6.07) is 17.1. The first-order valence-corrected chi connectivity index (χ1v) is 11.8. The van der Waals surface area contributed by atoms with Gasteiger partial charge in [0.15, 0.2) is 11.5 Å². The third kappa shape index (κ3) is 3.59. The number of fused-ring (bicyclic) bond motifs is 1. The number of benzene rings is 2. The van der Waals surface area contributed by atoms with Gasteiger partial charge in [0.25, 0.3) is 10.0 Å². The summed E-state index contributed by atoms with van der Waals surface area (Å²) in [6.07, 6.45) is 2.18. The molecule has 4 aromatic rings. The zero-order valence-electron chi connectivity index (χ0n) is 17.8. The molecule has 1 aliphatic rings. The second-order valence-electron chi connectivity index (χ2n) is 8.29. The molecule has 0 aliphatic heterocycles. The van der Waals surface area contributed by atoms with E-state index >= 15 is 0 Å². The number of nitrogens with zero attached hydrogens (tertiary/aromatic N) is 3. The first kappa shape index (κ1) is 19.8. The van der Waals surface area contributed by atoms with Gasteiger partial charge in [0, 0.05) is 17.3 Å². The van der Waals surface area contributed by atoms with Crippen molar-refractivity contribution >= 4 is 26.9 Å². The predicted molar refractivity (Wildman–Crippen MR) is 123 cm³/mol. The maximum atomic E-state index is 13.6. The lowest BCUT2D eigenvalue weighted by Gasteiger charge is -2.12. The number of hydrogen-bond donors (Lipinski definition) is 1. The molecule has 0 radical (unpaired) electrons. The van der Waals surface area contributed by atoms with Gasteiger partial charge in [-0.1, -0.05) is 41.5 Å². The summed E-state index contributed by atoms with van der Waals surface area (Å²) in [7, 11) is -3.81. The molecule has 2 aromatic carbocycles. The molecule has 7 heteroatoms. The van der Waals surface area contributed by atoms with Crippen LogP contribution >= 0.6 is 0 Å². The average Bonchev–Trinajstić information content (AvgIpc) is 3.47. The fourth-order valence-electron chi connectivity index (χ4n) is 3.74. The number of aryl methyl sites for hydroxylation is 3. The molecular formula is C24H24N4O2S. The Bertz CT molecular complexity index is 1400. The van der Waals surface area contributed by atoms with Crippen LogP contribution in [0, 0.1) is 20.8 Å². The SMILES string of the molecule is Cc1ccc(S(=O)(=O)n2c(C)cc3c(NC4CC4)nc(-c4cccc(C)c4)nc32)cc1. The Balaban J connectivity index is 1.76. The Morgan fingerprint density at radius 2 is 1.68 bits per heavy atom. The highest BCUT2D eigenvalue weighted by Crippen LogP contribution is 2.33. The minimum atomic E-state index is -3.81. The summed E-state index contributed by atoms with van der Waals surface area (Å²) < 4.78 is 28.5. The highest BCUT2D eigenvalue weighted by Gasteiger charge is 2.27. The van der Waals surface area contributed by atoms with Crippen LogP contribution in [0.15, 0.2) is 59.5 Å². The third-order valence-electron chi connectivity index (χ3n) is 5.55. The van der Waals surface area contributed by atoms with Gasteiger partial charge in [-0.3, -0.25) is 0 Å². The Hall–Kier alpha value is -3.19. The van der Waals surface area contributed by atoms with Crippen molar-refractivity contribution in [2.24, 2.45) is 0 Å². The quantitative estimate of drug-likeness (QED) is 0.489. The number of rotatable bonds is 5. The fourth-order valence-corrected chi connectivity index (χ4v) is 5.23. The smallest absolute Gasteiger partial charge is 0.269 e. The minimum Gasteiger partial charge on any atom is -0.367 e. The van der Waals surface area contributed by atoms with Crippen LogP contribution < -0.4 is 5.32 Å². The Morgan fingerprint density at radius 1 is 0.935 bits per heavy atom. The zero-order valence-corrected chi connectivity index (χ0v) is 18.6. The molecule has 1 fully saturated rings. The monoisotopic (exact) mass is 432 g/mol. The number of nitrogens with one attached hydrogen (secondary N) is 1. The van der Waals surface area contributed by atoms with Gasteiger partial charge < -0.3 is 5.32 Å². The molecule has 1 aliphatic carbocycles. The van der Waals surface area contributed by atoms with Gasteiger partial charge >= 0.3 is 0 Å². The molecule has 31 heavy (non-hydrogen) atoms. The van der Waals surface area contributed by atoms with Crippen molar-refractivity contribution in [2.45, 2.75) is 44.6 Å². The Morgan fingerprint density at radius 3 is 2.35 bits per heavy atom. The van der Waals surface area contributed by atoms with Crippen LogP contribution in [0.2, 0.25) is 0 Å². The van der Waals surface area contributed by atoms with Gasteiger partial charge in [0.05, 0.1) is 10.3 Å². The van der Waals surface area contributed by atoms with Crippen molar-refractivity contribution < 1.29 is 8.42 Å². The zero-order chi connectivity index (χ0) is 21.8. The van der Waals surface area contributed by atoms with Crippen LogP contribution in [0.5, 0.6) is 0 Å². The van der Waals surface area contributed by atoms with Crippen molar-refractivity contribution in [1.82, 2.24) is 13.9 Å². The maximum absolute atomic E-state index is 13.6. The summed E-state index contributed by atoms with van der Waals surface area (Å²) in [5.41, 5.74) is 3.96. The molecule has 0 saturated heterocycles. The number of aromatic nitrogens is 3. The summed E-state index contributed by atoms with van der Waals surface area (Å²) in [5.74, 6) is 1.20. The summed E-state index contributed by atoms with van der Waals surface area (Å²) in [6.45, 7) is 5.74. The van der Waals surface area contributed by atoms with E-state index in [4.69, 9.17) is 9.97 Å². The average molecular weight is 433 g/mol. The Labute approximate surface area is 182 Å². The normalized spacial score (nSPS) is 14.2. The van der Waals surface area contributed by atoms with Crippen LogP contribution in [0.25, 0.3) is 22.4 Å². The molecule has 0 bridgehead atoms. The van der Waals surface area contributed by atoms with Crippen molar-refractivity contribution in [1.29, 1.82) is 0 Å². The topological polar surface area (TPSA) is 76.9 Å². The second kappa shape index (κ2) is 7.20. The van der Waals surface area contributed by atoms with Crippen LogP contribution in [0.1, 0.15) is 29.7 Å². The first-order chi connectivity index (χ1) is 14.8. The van der Waals surface area contributed by atoms with E-state index in [1.807, 2.05) is 44.2 Å². The van der Waals surface area contributed by atoms with Gasteiger partial charge in [0.1, 0.15) is 5.82 Å². The number of hydrogen-bond acceptors (Lipinski definition) is 5. The van der Waals surface area contributed by atoms with E-state index in [1.165, 1.54) is 3.97 Å². The van der Waals surface area contributed by atoms with Gasteiger partial charge in [0.2, 0.25) is 0 Å². The van der Waals surface area contributed by atoms with Crippen LogP contribution in [0.4, 0.5) is 5.82 Å². The van der Waals surface area contributed by atoms with Gasteiger partial charge in [-0.2, -0.15) is 0 Å². The largest absolute Gasteiger partial charge is 0.367 e. The molecule has 158 valence electrons. The van der Waals surface area contributed by atoms with E-state index in [9.17, 15) is 8.42 Å².